The third-order valence-corrected chi connectivity index (χ3v) is 8.04. The first kappa shape index (κ1) is 27.1. The summed E-state index contributed by atoms with van der Waals surface area (Å²) in [5.41, 5.74) is 4.40. The van der Waals surface area contributed by atoms with Gasteiger partial charge in [-0.2, -0.15) is 0 Å². The van der Waals surface area contributed by atoms with E-state index in [4.69, 9.17) is 5.73 Å². The molecule has 2 aromatic rings. The lowest BCUT2D eigenvalue weighted by atomic mass is 9.53. The Labute approximate surface area is 226 Å². The Bertz CT molecular complexity index is 1470. The van der Waals surface area contributed by atoms with Crippen molar-refractivity contribution in [2.45, 2.75) is 24.9 Å². The number of carbonyl (C=O) groups is 6. The fourth-order valence-electron chi connectivity index (χ4n) is 6.26. The van der Waals surface area contributed by atoms with Crippen molar-refractivity contribution >= 4 is 40.8 Å². The van der Waals surface area contributed by atoms with E-state index in [1.165, 1.54) is 6.07 Å². The van der Waals surface area contributed by atoms with Crippen molar-refractivity contribution in [3.63, 3.8) is 0 Å². The SMILES string of the molecule is NC(=O)C1C(=O)C[C@@H]2C[C@@H]3Cc4c(-c5ccc(NC(=O)OCCF)cc5)ccc(O)c4C(=O)C3C(=O)[C@]2(O)C1=O. The van der Waals surface area contributed by atoms with Gasteiger partial charge in [0.05, 0.1) is 11.5 Å². The molecule has 208 valence electrons. The molecule has 0 aromatic heterocycles. The molecule has 3 aliphatic carbocycles. The number of aromatic hydroxyl groups is 1. The van der Waals surface area contributed by atoms with E-state index >= 15 is 0 Å². The van der Waals surface area contributed by atoms with Crippen molar-refractivity contribution < 1.29 is 48.1 Å². The van der Waals surface area contributed by atoms with Crippen LogP contribution in [0, 0.1) is 23.7 Å². The normalized spacial score (nSPS) is 27.4. The van der Waals surface area contributed by atoms with Crippen molar-refractivity contribution in [3.8, 4) is 16.9 Å². The molecule has 5 atom stereocenters. The van der Waals surface area contributed by atoms with E-state index in [9.17, 15) is 43.4 Å². The summed E-state index contributed by atoms with van der Waals surface area (Å²) in [6.07, 6.45) is -1.13. The zero-order chi connectivity index (χ0) is 28.9. The predicted molar refractivity (Wildman–Crippen MR) is 135 cm³/mol. The molecule has 2 aromatic carbocycles. The zero-order valence-corrected chi connectivity index (χ0v) is 21.0. The number of nitrogens with two attached hydrogens (primary N) is 1. The smallest absolute Gasteiger partial charge is 0.411 e. The number of amides is 2. The second-order valence-corrected chi connectivity index (χ2v) is 10.3. The lowest BCUT2D eigenvalue weighted by molar-refractivity contribution is -0.175. The molecule has 2 fully saturated rings. The number of hydrogen-bond acceptors (Lipinski definition) is 9. The average Bonchev–Trinajstić information content (AvgIpc) is 2.90. The summed E-state index contributed by atoms with van der Waals surface area (Å²) in [5, 5.41) is 24.4. The first-order valence-electron chi connectivity index (χ1n) is 12.6. The van der Waals surface area contributed by atoms with Crippen molar-refractivity contribution in [2.24, 2.45) is 29.4 Å². The molecule has 5 N–H and O–H groups in total. The number of halogens is 1. The van der Waals surface area contributed by atoms with Gasteiger partial charge in [0, 0.05) is 18.0 Å². The van der Waals surface area contributed by atoms with Crippen molar-refractivity contribution in [2.75, 3.05) is 18.6 Å². The number of nitrogens with one attached hydrogen (secondary N) is 1. The zero-order valence-electron chi connectivity index (χ0n) is 21.0. The van der Waals surface area contributed by atoms with Gasteiger partial charge in [0.15, 0.2) is 34.7 Å². The number of anilines is 1. The lowest BCUT2D eigenvalue weighted by Gasteiger charge is -2.48. The molecule has 2 unspecified atom stereocenters. The summed E-state index contributed by atoms with van der Waals surface area (Å²) < 4.78 is 16.9. The maximum absolute atomic E-state index is 13.7. The number of ketones is 4. The average molecular weight is 553 g/mol. The number of carbonyl (C=O) groups excluding carboxylic acids is 6. The molecular formula is C28H25FN2O9. The number of phenolic OH excluding ortho intramolecular Hbond substituents is 1. The summed E-state index contributed by atoms with van der Waals surface area (Å²) in [5.74, 6) is -10.8. The van der Waals surface area contributed by atoms with E-state index in [0.29, 0.717) is 22.4 Å². The van der Waals surface area contributed by atoms with E-state index in [1.807, 2.05) is 0 Å². The summed E-state index contributed by atoms with van der Waals surface area (Å²) in [7, 11) is 0. The molecule has 2 saturated carbocycles. The minimum atomic E-state index is -2.71. The van der Waals surface area contributed by atoms with Crippen LogP contribution in [0.15, 0.2) is 36.4 Å². The Hall–Kier alpha value is -4.45. The van der Waals surface area contributed by atoms with Crippen molar-refractivity contribution in [1.82, 2.24) is 0 Å². The second kappa shape index (κ2) is 9.94. The van der Waals surface area contributed by atoms with Gasteiger partial charge in [0.2, 0.25) is 5.91 Å². The van der Waals surface area contributed by atoms with Gasteiger partial charge in [-0.3, -0.25) is 29.3 Å². The number of Topliss-reactive ketones (excluding diaryl/α,β-unsaturated/α-hetero) is 4. The van der Waals surface area contributed by atoms with Gasteiger partial charge in [-0.15, -0.1) is 0 Å². The highest BCUT2D eigenvalue weighted by Gasteiger charge is 2.66. The molecule has 5 rings (SSSR count). The second-order valence-electron chi connectivity index (χ2n) is 10.3. The summed E-state index contributed by atoms with van der Waals surface area (Å²) in [6, 6.07) is 9.34. The standard InChI is InChI=1S/C28H25FN2O9/c29-7-8-40-27(38)31-15-3-1-12(2-4-15)16-5-6-18(32)21-17(16)10-13-9-14-11-19(33)22(26(30)37)25(36)28(14,39)24(35)20(13)23(21)34/h1-6,13-14,20,22,32,39H,7-11H2,(H2,30,37)(H,31,38)/t13-,14+,20?,22?,28+/m1/s1. The van der Waals surface area contributed by atoms with Crippen LogP contribution in [0.3, 0.4) is 0 Å². The Morgan fingerprint density at radius 1 is 1.05 bits per heavy atom. The molecule has 0 aliphatic heterocycles. The van der Waals surface area contributed by atoms with Crippen molar-refractivity contribution in [1.29, 1.82) is 0 Å². The number of hydrogen-bond donors (Lipinski definition) is 4. The van der Waals surface area contributed by atoms with Crippen LogP contribution in [0.1, 0.15) is 28.8 Å². The highest BCUT2D eigenvalue weighted by Crippen LogP contribution is 2.51. The Balaban J connectivity index is 1.49. The molecule has 0 bridgehead atoms. The Morgan fingerprint density at radius 2 is 1.75 bits per heavy atom. The molecule has 0 heterocycles. The minimum Gasteiger partial charge on any atom is -0.507 e. The topological polar surface area (TPSA) is 190 Å². The third kappa shape index (κ3) is 4.15. The number of aliphatic hydroxyl groups is 1. The number of rotatable bonds is 5. The van der Waals surface area contributed by atoms with Gasteiger partial charge in [-0.25, -0.2) is 9.18 Å². The van der Waals surface area contributed by atoms with Gasteiger partial charge < -0.3 is 20.7 Å². The number of phenols is 1. The Morgan fingerprint density at radius 3 is 2.40 bits per heavy atom. The number of alkyl halides is 1. The predicted octanol–water partition coefficient (Wildman–Crippen LogP) is 1.51. The third-order valence-electron chi connectivity index (χ3n) is 8.04. The number of ether oxygens (including phenoxy) is 1. The Kier molecular flexibility index (Phi) is 6.74. The quantitative estimate of drug-likeness (QED) is 0.398. The minimum absolute atomic E-state index is 0.0139. The van der Waals surface area contributed by atoms with E-state index in [1.54, 1.807) is 30.3 Å². The number of benzene rings is 2. The molecule has 0 saturated heterocycles. The summed E-state index contributed by atoms with van der Waals surface area (Å²) >= 11 is 0. The highest BCUT2D eigenvalue weighted by atomic mass is 19.1. The molecule has 0 spiro atoms. The molecular weight excluding hydrogens is 527 g/mol. The maximum Gasteiger partial charge on any atom is 0.411 e. The van der Waals surface area contributed by atoms with E-state index in [0.717, 1.165) is 0 Å². The van der Waals surface area contributed by atoms with Crippen LogP contribution < -0.4 is 11.1 Å². The van der Waals surface area contributed by atoms with Gasteiger partial charge in [-0.05, 0) is 53.6 Å². The monoisotopic (exact) mass is 552 g/mol. The van der Waals surface area contributed by atoms with Crippen LogP contribution in [0.25, 0.3) is 11.1 Å². The molecule has 11 nitrogen and oxygen atoms in total. The number of primary amides is 1. The van der Waals surface area contributed by atoms with Crippen LogP contribution in [0.4, 0.5) is 14.9 Å². The molecule has 12 heteroatoms. The van der Waals surface area contributed by atoms with Crippen molar-refractivity contribution in [3.05, 3.63) is 47.5 Å². The van der Waals surface area contributed by atoms with Gasteiger partial charge in [0.25, 0.3) is 0 Å². The number of fused-ring (bicyclic) bond motifs is 3. The molecule has 40 heavy (non-hydrogen) atoms. The van der Waals surface area contributed by atoms with Crippen LogP contribution >= 0.6 is 0 Å². The molecule has 2 amide bonds. The van der Waals surface area contributed by atoms with E-state index < -0.39 is 77.5 Å². The van der Waals surface area contributed by atoms with E-state index in [2.05, 4.69) is 10.1 Å². The van der Waals surface area contributed by atoms with E-state index in [-0.39, 0.29) is 30.8 Å². The van der Waals surface area contributed by atoms with Crippen LogP contribution in [-0.4, -0.2) is 64.2 Å². The fourth-order valence-corrected chi connectivity index (χ4v) is 6.26. The van der Waals surface area contributed by atoms with Crippen LogP contribution in [-0.2, 0) is 30.3 Å². The summed E-state index contributed by atoms with van der Waals surface area (Å²) in [4.78, 5) is 76.2. The first-order chi connectivity index (χ1) is 19.0. The van der Waals surface area contributed by atoms with Gasteiger partial charge in [0.1, 0.15) is 19.0 Å². The molecule has 0 radical (unpaired) electrons. The largest absolute Gasteiger partial charge is 0.507 e. The lowest BCUT2D eigenvalue weighted by Crippen LogP contribution is -2.68. The highest BCUT2D eigenvalue weighted by molar-refractivity contribution is 6.31. The maximum atomic E-state index is 13.7. The summed E-state index contributed by atoms with van der Waals surface area (Å²) in [6.45, 7) is -1.19. The van der Waals surface area contributed by atoms with Gasteiger partial charge in [-0.1, -0.05) is 18.2 Å². The first-order valence-corrected chi connectivity index (χ1v) is 12.6. The van der Waals surface area contributed by atoms with Gasteiger partial charge >= 0.3 is 6.09 Å². The fraction of sp³-hybridized carbons (Fsp3) is 0.357. The van der Waals surface area contributed by atoms with Crippen LogP contribution in [0.2, 0.25) is 0 Å². The van der Waals surface area contributed by atoms with Crippen LogP contribution in [0.5, 0.6) is 5.75 Å². The molecule has 3 aliphatic rings.